The Kier molecular flexibility index (Phi) is 4.06. The van der Waals surface area contributed by atoms with Crippen LogP contribution in [0.5, 0.6) is 5.75 Å². The maximum atomic E-state index is 12.1. The summed E-state index contributed by atoms with van der Waals surface area (Å²) in [7, 11) is 0. The van der Waals surface area contributed by atoms with Gasteiger partial charge in [-0.2, -0.15) is 0 Å². The third-order valence-electron chi connectivity index (χ3n) is 4.54. The van der Waals surface area contributed by atoms with Crippen LogP contribution < -0.4 is 4.74 Å². The van der Waals surface area contributed by atoms with E-state index in [4.69, 9.17) is 4.74 Å². The fourth-order valence-corrected chi connectivity index (χ4v) is 3.35. The van der Waals surface area contributed by atoms with Gasteiger partial charge in [0.15, 0.2) is 0 Å². The molecule has 1 heterocycles. The Balaban J connectivity index is 1.67. The van der Waals surface area contributed by atoms with E-state index in [1.165, 1.54) is 5.56 Å². The Bertz CT molecular complexity index is 486. The van der Waals surface area contributed by atoms with Crippen molar-refractivity contribution in [3.63, 3.8) is 0 Å². The molecule has 1 aromatic rings. The number of hydrogen-bond acceptors (Lipinski definition) is 3. The van der Waals surface area contributed by atoms with Gasteiger partial charge in [0.05, 0.1) is 0 Å². The highest BCUT2D eigenvalue weighted by Crippen LogP contribution is 2.28. The molecule has 0 amide bonds. The molecule has 0 aromatic heterocycles. The van der Waals surface area contributed by atoms with Gasteiger partial charge >= 0.3 is 0 Å². The molecular weight excluding hydrogens is 250 g/mol. The SMILES string of the molecule is CC1CCC(=O)C(CN2CCOc3ccccc3C2)C1. The fourth-order valence-electron chi connectivity index (χ4n) is 3.35. The summed E-state index contributed by atoms with van der Waals surface area (Å²) >= 11 is 0. The van der Waals surface area contributed by atoms with Gasteiger partial charge in [0.25, 0.3) is 0 Å². The molecule has 1 aromatic carbocycles. The molecule has 3 heteroatoms. The van der Waals surface area contributed by atoms with Crippen molar-refractivity contribution in [2.24, 2.45) is 11.8 Å². The van der Waals surface area contributed by atoms with Crippen molar-refractivity contribution in [1.82, 2.24) is 4.90 Å². The van der Waals surface area contributed by atoms with Gasteiger partial charge in [-0.3, -0.25) is 9.69 Å². The minimum absolute atomic E-state index is 0.226. The predicted molar refractivity (Wildman–Crippen MR) is 78.7 cm³/mol. The van der Waals surface area contributed by atoms with Crippen LogP contribution >= 0.6 is 0 Å². The van der Waals surface area contributed by atoms with Crippen LogP contribution in [-0.4, -0.2) is 30.4 Å². The second-order valence-electron chi connectivity index (χ2n) is 6.23. The molecule has 0 saturated heterocycles. The number of nitrogens with zero attached hydrogens (tertiary/aromatic N) is 1. The van der Waals surface area contributed by atoms with E-state index >= 15 is 0 Å². The summed E-state index contributed by atoms with van der Waals surface area (Å²) in [4.78, 5) is 14.5. The molecule has 0 radical (unpaired) electrons. The first-order chi connectivity index (χ1) is 9.72. The fraction of sp³-hybridized carbons (Fsp3) is 0.588. The smallest absolute Gasteiger partial charge is 0.137 e. The van der Waals surface area contributed by atoms with Gasteiger partial charge in [-0.15, -0.1) is 0 Å². The monoisotopic (exact) mass is 273 g/mol. The summed E-state index contributed by atoms with van der Waals surface area (Å²) in [6, 6.07) is 8.23. The molecule has 1 aliphatic carbocycles. The largest absolute Gasteiger partial charge is 0.492 e. The number of para-hydroxylation sites is 1. The molecular formula is C17H23NO2. The highest BCUT2D eigenvalue weighted by atomic mass is 16.5. The van der Waals surface area contributed by atoms with Gasteiger partial charge in [-0.25, -0.2) is 0 Å². The first-order valence-corrected chi connectivity index (χ1v) is 7.68. The maximum absolute atomic E-state index is 12.1. The van der Waals surface area contributed by atoms with E-state index in [-0.39, 0.29) is 5.92 Å². The zero-order valence-corrected chi connectivity index (χ0v) is 12.2. The van der Waals surface area contributed by atoms with E-state index in [1.807, 2.05) is 12.1 Å². The van der Waals surface area contributed by atoms with Gasteiger partial charge in [0, 0.05) is 37.5 Å². The number of ether oxygens (including phenoxy) is 1. The first-order valence-electron chi connectivity index (χ1n) is 7.68. The standard InChI is InChI=1S/C17H23NO2/c1-13-6-7-16(19)15(10-13)12-18-8-9-20-17-5-3-2-4-14(17)11-18/h2-5,13,15H,6-12H2,1H3. The summed E-state index contributed by atoms with van der Waals surface area (Å²) in [6.07, 6.45) is 2.89. The van der Waals surface area contributed by atoms with Gasteiger partial charge in [-0.1, -0.05) is 25.1 Å². The van der Waals surface area contributed by atoms with Crippen molar-refractivity contribution >= 4 is 5.78 Å². The predicted octanol–water partition coefficient (Wildman–Crippen LogP) is 2.89. The molecule has 3 rings (SSSR count). The molecule has 1 aliphatic heterocycles. The number of Topliss-reactive ketones (excluding diaryl/α,β-unsaturated/α-hetero) is 1. The molecule has 2 unspecified atom stereocenters. The molecule has 2 aliphatic rings. The first kappa shape index (κ1) is 13.6. The molecule has 3 nitrogen and oxygen atoms in total. The second kappa shape index (κ2) is 5.96. The molecule has 0 bridgehead atoms. The van der Waals surface area contributed by atoms with Gasteiger partial charge in [0.1, 0.15) is 18.1 Å². The van der Waals surface area contributed by atoms with E-state index in [0.29, 0.717) is 18.3 Å². The van der Waals surface area contributed by atoms with E-state index in [2.05, 4.69) is 24.0 Å². The van der Waals surface area contributed by atoms with E-state index < -0.39 is 0 Å². The summed E-state index contributed by atoms with van der Waals surface area (Å²) in [5.41, 5.74) is 1.24. The van der Waals surface area contributed by atoms with Crippen LogP contribution in [0.4, 0.5) is 0 Å². The van der Waals surface area contributed by atoms with Crippen LogP contribution in [0.1, 0.15) is 31.7 Å². The zero-order valence-electron chi connectivity index (χ0n) is 12.2. The average molecular weight is 273 g/mol. The van der Waals surface area contributed by atoms with Crippen molar-refractivity contribution in [2.45, 2.75) is 32.7 Å². The van der Waals surface area contributed by atoms with Gasteiger partial charge in [0.2, 0.25) is 0 Å². The van der Waals surface area contributed by atoms with E-state index in [9.17, 15) is 4.79 Å². The number of fused-ring (bicyclic) bond motifs is 1. The molecule has 0 spiro atoms. The number of ketones is 1. The third-order valence-corrected chi connectivity index (χ3v) is 4.54. The lowest BCUT2D eigenvalue weighted by Crippen LogP contribution is -2.37. The molecule has 1 saturated carbocycles. The highest BCUT2D eigenvalue weighted by molar-refractivity contribution is 5.81. The van der Waals surface area contributed by atoms with Crippen LogP contribution in [0.25, 0.3) is 0 Å². The Morgan fingerprint density at radius 2 is 2.20 bits per heavy atom. The van der Waals surface area contributed by atoms with Gasteiger partial charge < -0.3 is 4.74 Å². The summed E-state index contributed by atoms with van der Waals surface area (Å²) in [5.74, 6) is 2.37. The van der Waals surface area contributed by atoms with Crippen molar-refractivity contribution < 1.29 is 9.53 Å². The van der Waals surface area contributed by atoms with E-state index in [1.54, 1.807) is 0 Å². The number of rotatable bonds is 2. The van der Waals surface area contributed by atoms with Crippen LogP contribution in [0.15, 0.2) is 24.3 Å². The number of carbonyl (C=O) groups excluding carboxylic acids is 1. The number of carbonyl (C=O) groups is 1. The minimum atomic E-state index is 0.226. The van der Waals surface area contributed by atoms with Crippen LogP contribution in [0, 0.1) is 11.8 Å². The summed E-state index contributed by atoms with van der Waals surface area (Å²) < 4.78 is 5.79. The number of benzene rings is 1. The highest BCUT2D eigenvalue weighted by Gasteiger charge is 2.28. The minimum Gasteiger partial charge on any atom is -0.492 e. The van der Waals surface area contributed by atoms with Crippen LogP contribution in [0.3, 0.4) is 0 Å². The Morgan fingerprint density at radius 1 is 1.35 bits per heavy atom. The molecule has 1 fully saturated rings. The molecule has 108 valence electrons. The third kappa shape index (κ3) is 3.04. The zero-order chi connectivity index (χ0) is 13.9. The van der Waals surface area contributed by atoms with E-state index in [0.717, 1.165) is 44.6 Å². The number of hydrogen-bond donors (Lipinski definition) is 0. The van der Waals surface area contributed by atoms with Crippen molar-refractivity contribution in [3.8, 4) is 5.75 Å². The lowest BCUT2D eigenvalue weighted by atomic mass is 9.81. The molecule has 20 heavy (non-hydrogen) atoms. The van der Waals surface area contributed by atoms with Crippen molar-refractivity contribution in [1.29, 1.82) is 0 Å². The topological polar surface area (TPSA) is 29.5 Å². The van der Waals surface area contributed by atoms with Crippen molar-refractivity contribution in [2.75, 3.05) is 19.7 Å². The Labute approximate surface area is 120 Å². The van der Waals surface area contributed by atoms with Gasteiger partial charge in [-0.05, 0) is 24.8 Å². The second-order valence-corrected chi connectivity index (χ2v) is 6.23. The molecule has 2 atom stereocenters. The van der Waals surface area contributed by atoms with Crippen molar-refractivity contribution in [3.05, 3.63) is 29.8 Å². The summed E-state index contributed by atoms with van der Waals surface area (Å²) in [5, 5.41) is 0. The summed E-state index contributed by atoms with van der Waals surface area (Å²) in [6.45, 7) is 5.68. The maximum Gasteiger partial charge on any atom is 0.137 e. The van der Waals surface area contributed by atoms with Crippen LogP contribution in [-0.2, 0) is 11.3 Å². The Hall–Kier alpha value is -1.35. The van der Waals surface area contributed by atoms with Crippen LogP contribution in [0.2, 0.25) is 0 Å². The molecule has 0 N–H and O–H groups in total. The normalized spacial score (nSPS) is 27.6. The lowest BCUT2D eigenvalue weighted by molar-refractivity contribution is -0.126. The Morgan fingerprint density at radius 3 is 3.10 bits per heavy atom. The lowest BCUT2D eigenvalue weighted by Gasteiger charge is -2.30. The average Bonchev–Trinajstić information content (AvgIpc) is 2.64. The quantitative estimate of drug-likeness (QED) is 0.830.